The molecule has 0 radical (unpaired) electrons. The number of carbonyl (C=O) groups excluding carboxylic acids is 2. The first-order valence-electron chi connectivity index (χ1n) is 11.3. The predicted molar refractivity (Wildman–Crippen MR) is 132 cm³/mol. The number of hydrogen-bond donors (Lipinski definition) is 2. The van der Waals surface area contributed by atoms with Crippen LogP contribution in [0.15, 0.2) is 60.7 Å². The van der Waals surface area contributed by atoms with Crippen LogP contribution in [0.5, 0.6) is 11.5 Å². The van der Waals surface area contributed by atoms with E-state index in [0.717, 1.165) is 16.7 Å². The second-order valence-corrected chi connectivity index (χ2v) is 8.40. The number of carbonyl (C=O) groups is 2. The fourth-order valence-corrected chi connectivity index (χ4v) is 4.38. The first-order valence-corrected chi connectivity index (χ1v) is 11.3. The molecule has 1 aliphatic heterocycles. The summed E-state index contributed by atoms with van der Waals surface area (Å²) in [7, 11) is 1.52. The van der Waals surface area contributed by atoms with Gasteiger partial charge in [0.1, 0.15) is 5.69 Å². The number of phenols is 1. The number of ether oxygens (including phenoxy) is 1. The predicted octanol–water partition coefficient (Wildman–Crippen LogP) is 4.17. The van der Waals surface area contributed by atoms with Gasteiger partial charge >= 0.3 is 0 Å². The summed E-state index contributed by atoms with van der Waals surface area (Å²) >= 11 is 0. The van der Waals surface area contributed by atoms with E-state index in [1.807, 2.05) is 42.5 Å². The molecule has 0 spiro atoms. The summed E-state index contributed by atoms with van der Waals surface area (Å²) in [5, 5.41) is 13.9. The van der Waals surface area contributed by atoms with Gasteiger partial charge in [0, 0.05) is 42.2 Å². The molecule has 0 fully saturated rings. The fourth-order valence-electron chi connectivity index (χ4n) is 4.38. The van der Waals surface area contributed by atoms with Crippen LogP contribution in [0.4, 0.5) is 5.69 Å². The first kappa shape index (κ1) is 22.3. The largest absolute Gasteiger partial charge is 0.504 e. The number of rotatable bonds is 4. The van der Waals surface area contributed by atoms with E-state index in [9.17, 15) is 14.7 Å². The van der Waals surface area contributed by atoms with E-state index in [2.05, 4.69) is 15.3 Å². The van der Waals surface area contributed by atoms with E-state index < -0.39 is 0 Å². The summed E-state index contributed by atoms with van der Waals surface area (Å²) in [6.45, 7) is 2.27. The second-order valence-electron chi connectivity index (χ2n) is 8.40. The van der Waals surface area contributed by atoms with E-state index in [1.54, 1.807) is 23.1 Å². The van der Waals surface area contributed by atoms with Crippen LogP contribution in [0.25, 0.3) is 22.3 Å². The molecule has 0 unspecified atom stereocenters. The number of benzene rings is 3. The number of anilines is 1. The van der Waals surface area contributed by atoms with Crippen LogP contribution in [0, 0.1) is 0 Å². The lowest BCUT2D eigenvalue weighted by Gasteiger charge is -2.29. The number of aromatic nitrogens is 2. The Morgan fingerprint density at radius 2 is 1.80 bits per heavy atom. The third kappa shape index (κ3) is 4.26. The summed E-state index contributed by atoms with van der Waals surface area (Å²) in [5.74, 6) is 0.651. The third-order valence-corrected chi connectivity index (χ3v) is 6.11. The summed E-state index contributed by atoms with van der Waals surface area (Å²) in [4.78, 5) is 36.1. The van der Waals surface area contributed by atoms with Gasteiger partial charge in [-0.25, -0.2) is 9.97 Å². The minimum absolute atomic E-state index is 0.134. The molecule has 8 nitrogen and oxygen atoms in total. The molecule has 0 atom stereocenters. The van der Waals surface area contributed by atoms with Crippen molar-refractivity contribution in [1.82, 2.24) is 14.9 Å². The molecule has 8 heteroatoms. The summed E-state index contributed by atoms with van der Waals surface area (Å²) in [5.41, 5.74) is 4.10. The Morgan fingerprint density at radius 1 is 1.03 bits per heavy atom. The molecule has 0 aliphatic carbocycles. The minimum atomic E-state index is -0.194. The maximum Gasteiger partial charge on any atom is 0.273 e. The number of hydrogen-bond acceptors (Lipinski definition) is 6. The average molecular weight is 469 g/mol. The molecule has 3 aromatic carbocycles. The Bertz CT molecular complexity index is 1450. The third-order valence-electron chi connectivity index (χ3n) is 6.11. The van der Waals surface area contributed by atoms with Crippen LogP contribution in [-0.4, -0.2) is 45.4 Å². The van der Waals surface area contributed by atoms with Crippen molar-refractivity contribution >= 4 is 28.4 Å². The highest BCUT2D eigenvalue weighted by atomic mass is 16.5. The van der Waals surface area contributed by atoms with Crippen molar-refractivity contribution in [2.75, 3.05) is 19.0 Å². The van der Waals surface area contributed by atoms with Crippen molar-refractivity contribution in [3.8, 4) is 22.9 Å². The van der Waals surface area contributed by atoms with Gasteiger partial charge in [-0.2, -0.15) is 0 Å². The quantitative estimate of drug-likeness (QED) is 0.466. The number of methoxy groups -OCH3 is 1. The van der Waals surface area contributed by atoms with Gasteiger partial charge < -0.3 is 20.1 Å². The number of aromatic hydroxyl groups is 1. The zero-order valence-electron chi connectivity index (χ0n) is 19.4. The molecular formula is C27H24N4O4. The Hall–Kier alpha value is -4.46. The molecule has 176 valence electrons. The molecule has 0 bridgehead atoms. The topological polar surface area (TPSA) is 105 Å². The molecule has 4 aromatic rings. The zero-order chi connectivity index (χ0) is 24.5. The summed E-state index contributed by atoms with van der Waals surface area (Å²) < 4.78 is 5.22. The van der Waals surface area contributed by atoms with Crippen molar-refractivity contribution in [2.45, 2.75) is 19.9 Å². The number of amides is 2. The van der Waals surface area contributed by atoms with Crippen LogP contribution in [0.1, 0.15) is 28.5 Å². The highest BCUT2D eigenvalue weighted by molar-refractivity contribution is 6.05. The molecule has 0 saturated carbocycles. The van der Waals surface area contributed by atoms with E-state index in [-0.39, 0.29) is 17.6 Å². The first-order chi connectivity index (χ1) is 16.9. The molecular weight excluding hydrogens is 444 g/mol. The van der Waals surface area contributed by atoms with Gasteiger partial charge in [-0.3, -0.25) is 9.59 Å². The van der Waals surface area contributed by atoms with Crippen molar-refractivity contribution < 1.29 is 19.4 Å². The summed E-state index contributed by atoms with van der Waals surface area (Å²) in [6.07, 6.45) is 0.518. The van der Waals surface area contributed by atoms with Crippen LogP contribution < -0.4 is 10.1 Å². The highest BCUT2D eigenvalue weighted by Gasteiger charge is 2.27. The van der Waals surface area contributed by atoms with Crippen molar-refractivity contribution in [1.29, 1.82) is 0 Å². The molecule has 1 aliphatic rings. The Morgan fingerprint density at radius 3 is 2.54 bits per heavy atom. The van der Waals surface area contributed by atoms with Crippen molar-refractivity contribution in [2.24, 2.45) is 0 Å². The van der Waals surface area contributed by atoms with Crippen LogP contribution >= 0.6 is 0 Å². The standard InChI is InChI=1S/C27H24N4O4/c1-16(32)28-19-10-7-17(8-11-19)26-29-22-6-4-3-5-21(22)24(30-26)27(34)31-14-13-20-18(15-31)9-12-23(35-2)25(20)33/h3-12,33H,13-15H2,1-2H3,(H,28,32). The molecule has 1 aromatic heterocycles. The Labute approximate surface area is 202 Å². The Kier molecular flexibility index (Phi) is 5.78. The van der Waals surface area contributed by atoms with E-state index in [0.29, 0.717) is 53.4 Å². The average Bonchev–Trinajstić information content (AvgIpc) is 2.88. The van der Waals surface area contributed by atoms with E-state index in [4.69, 9.17) is 4.74 Å². The number of phenolic OH excluding ortho intramolecular Hbond substituents is 1. The lowest BCUT2D eigenvalue weighted by molar-refractivity contribution is -0.114. The lowest BCUT2D eigenvalue weighted by Crippen LogP contribution is -2.36. The molecule has 2 amide bonds. The van der Waals surface area contributed by atoms with Gasteiger partial charge in [-0.1, -0.05) is 24.3 Å². The van der Waals surface area contributed by atoms with E-state index in [1.165, 1.54) is 14.0 Å². The normalized spacial score (nSPS) is 12.8. The molecule has 5 rings (SSSR count). The van der Waals surface area contributed by atoms with Gasteiger partial charge in [0.25, 0.3) is 5.91 Å². The van der Waals surface area contributed by atoms with Gasteiger partial charge in [0.2, 0.25) is 5.91 Å². The Balaban J connectivity index is 1.51. The lowest BCUT2D eigenvalue weighted by atomic mass is 9.97. The van der Waals surface area contributed by atoms with Crippen LogP contribution in [0.2, 0.25) is 0 Å². The van der Waals surface area contributed by atoms with Gasteiger partial charge in [-0.05, 0) is 48.4 Å². The van der Waals surface area contributed by atoms with Gasteiger partial charge in [-0.15, -0.1) is 0 Å². The minimum Gasteiger partial charge on any atom is -0.504 e. The fraction of sp³-hybridized carbons (Fsp3) is 0.185. The molecule has 0 saturated heterocycles. The van der Waals surface area contributed by atoms with Gasteiger partial charge in [0.05, 0.1) is 12.6 Å². The van der Waals surface area contributed by atoms with E-state index >= 15 is 0 Å². The number of nitrogens with one attached hydrogen (secondary N) is 1. The second kappa shape index (κ2) is 9.06. The monoisotopic (exact) mass is 468 g/mol. The van der Waals surface area contributed by atoms with Gasteiger partial charge in [0.15, 0.2) is 17.3 Å². The molecule has 35 heavy (non-hydrogen) atoms. The number of fused-ring (bicyclic) bond motifs is 2. The SMILES string of the molecule is COc1ccc2c(c1O)CCN(C(=O)c1nc(-c3ccc(NC(C)=O)cc3)nc3ccccc13)C2. The van der Waals surface area contributed by atoms with Crippen molar-refractivity contribution in [3.63, 3.8) is 0 Å². The summed E-state index contributed by atoms with van der Waals surface area (Å²) in [6, 6.07) is 18.2. The van der Waals surface area contributed by atoms with Crippen LogP contribution in [0.3, 0.4) is 0 Å². The number of nitrogens with zero attached hydrogens (tertiary/aromatic N) is 3. The smallest absolute Gasteiger partial charge is 0.273 e. The number of para-hydroxylation sites is 1. The van der Waals surface area contributed by atoms with Crippen molar-refractivity contribution in [3.05, 3.63) is 77.5 Å². The highest BCUT2D eigenvalue weighted by Crippen LogP contribution is 2.36. The zero-order valence-corrected chi connectivity index (χ0v) is 19.4. The van der Waals surface area contributed by atoms with Crippen LogP contribution in [-0.2, 0) is 17.8 Å². The maximum absolute atomic E-state index is 13.7. The maximum atomic E-state index is 13.7. The molecule has 2 heterocycles. The molecule has 2 N–H and O–H groups in total.